The van der Waals surface area contributed by atoms with Crippen LogP contribution in [0.5, 0.6) is 5.75 Å². The first-order valence-corrected chi connectivity index (χ1v) is 6.22. The van der Waals surface area contributed by atoms with Crippen molar-refractivity contribution in [3.63, 3.8) is 0 Å². The van der Waals surface area contributed by atoms with E-state index in [1.54, 1.807) is 18.3 Å². The fourth-order valence-electron chi connectivity index (χ4n) is 1.65. The molecular formula is C14H14N2O2S. The van der Waals surface area contributed by atoms with E-state index < -0.39 is 0 Å². The number of hydrogen-bond donors (Lipinski definition) is 1. The molecule has 0 spiro atoms. The summed E-state index contributed by atoms with van der Waals surface area (Å²) in [5.74, 6) is 0.294. The Balaban J connectivity index is 2.13. The molecule has 0 unspecified atom stereocenters. The molecule has 98 valence electrons. The van der Waals surface area contributed by atoms with E-state index in [0.717, 1.165) is 5.56 Å². The van der Waals surface area contributed by atoms with Gasteiger partial charge in [0.25, 0.3) is 5.56 Å². The second-order valence-electron chi connectivity index (χ2n) is 4.05. The Bertz CT molecular complexity index is 623. The van der Waals surface area contributed by atoms with Gasteiger partial charge in [-0.25, -0.2) is 0 Å². The monoisotopic (exact) mass is 274 g/mol. The lowest BCUT2D eigenvalue weighted by molar-refractivity contribution is 0.299. The van der Waals surface area contributed by atoms with Crippen LogP contribution in [0.25, 0.3) is 0 Å². The standard InChI is InChI=1S/C14H14N2O2S/c15-13(19)9-16-8-4-7-12(14(16)17)18-10-11-5-2-1-3-6-11/h1-8H,9-10H2,(H2,15,19). The van der Waals surface area contributed by atoms with E-state index in [1.807, 2.05) is 30.3 Å². The fraction of sp³-hybridized carbons (Fsp3) is 0.143. The number of thiocarbonyl (C=S) groups is 1. The zero-order valence-corrected chi connectivity index (χ0v) is 11.1. The zero-order chi connectivity index (χ0) is 13.7. The number of nitrogens with zero attached hydrogens (tertiary/aromatic N) is 1. The van der Waals surface area contributed by atoms with Gasteiger partial charge in [-0.2, -0.15) is 0 Å². The van der Waals surface area contributed by atoms with Crippen molar-refractivity contribution in [1.29, 1.82) is 0 Å². The van der Waals surface area contributed by atoms with Crippen LogP contribution in [0.2, 0.25) is 0 Å². The van der Waals surface area contributed by atoms with Crippen LogP contribution < -0.4 is 16.0 Å². The van der Waals surface area contributed by atoms with Crippen molar-refractivity contribution < 1.29 is 4.74 Å². The van der Waals surface area contributed by atoms with Crippen LogP contribution in [0.3, 0.4) is 0 Å². The van der Waals surface area contributed by atoms with E-state index in [4.69, 9.17) is 22.7 Å². The maximum absolute atomic E-state index is 12.0. The second-order valence-corrected chi connectivity index (χ2v) is 4.57. The molecular weight excluding hydrogens is 260 g/mol. The summed E-state index contributed by atoms with van der Waals surface area (Å²) in [5.41, 5.74) is 6.22. The van der Waals surface area contributed by atoms with Crippen LogP contribution in [0.4, 0.5) is 0 Å². The summed E-state index contributed by atoms with van der Waals surface area (Å²) in [6.07, 6.45) is 1.64. The van der Waals surface area contributed by atoms with Crippen LogP contribution in [-0.2, 0) is 13.2 Å². The Labute approximate surface area is 116 Å². The Hall–Kier alpha value is -2.14. The minimum atomic E-state index is -0.230. The van der Waals surface area contributed by atoms with E-state index in [1.165, 1.54) is 4.57 Å². The number of rotatable bonds is 5. The normalized spacial score (nSPS) is 10.1. The number of aromatic nitrogens is 1. The maximum Gasteiger partial charge on any atom is 0.293 e. The third-order valence-electron chi connectivity index (χ3n) is 2.55. The van der Waals surface area contributed by atoms with Gasteiger partial charge in [-0.3, -0.25) is 4.79 Å². The van der Waals surface area contributed by atoms with E-state index in [-0.39, 0.29) is 17.1 Å². The van der Waals surface area contributed by atoms with Crippen molar-refractivity contribution in [1.82, 2.24) is 4.57 Å². The van der Waals surface area contributed by atoms with Gasteiger partial charge in [-0.1, -0.05) is 42.5 Å². The highest BCUT2D eigenvalue weighted by atomic mass is 32.1. The van der Waals surface area contributed by atoms with E-state index in [2.05, 4.69) is 0 Å². The summed E-state index contributed by atoms with van der Waals surface area (Å²) >= 11 is 4.80. The molecule has 0 aliphatic rings. The first kappa shape index (κ1) is 13.3. The van der Waals surface area contributed by atoms with E-state index >= 15 is 0 Å². The molecule has 2 N–H and O–H groups in total. The summed E-state index contributed by atoms with van der Waals surface area (Å²) in [5, 5.41) is 0. The molecule has 2 aromatic rings. The lowest BCUT2D eigenvalue weighted by atomic mass is 10.2. The number of benzene rings is 1. The van der Waals surface area contributed by atoms with Gasteiger partial charge in [0.2, 0.25) is 0 Å². The molecule has 0 atom stereocenters. The number of hydrogen-bond acceptors (Lipinski definition) is 3. The smallest absolute Gasteiger partial charge is 0.293 e. The van der Waals surface area contributed by atoms with Crippen molar-refractivity contribution in [2.75, 3.05) is 0 Å². The molecule has 1 heterocycles. The molecule has 0 amide bonds. The molecule has 0 bridgehead atoms. The third-order valence-corrected chi connectivity index (χ3v) is 2.68. The molecule has 5 heteroatoms. The Kier molecular flexibility index (Phi) is 4.30. The summed E-state index contributed by atoms with van der Waals surface area (Å²) in [7, 11) is 0. The second kappa shape index (κ2) is 6.15. The molecule has 0 radical (unpaired) electrons. The average molecular weight is 274 g/mol. The number of ether oxygens (including phenoxy) is 1. The minimum Gasteiger partial charge on any atom is -0.483 e. The molecule has 1 aromatic heterocycles. The van der Waals surface area contributed by atoms with E-state index in [9.17, 15) is 4.79 Å². The first-order chi connectivity index (χ1) is 9.16. The molecule has 19 heavy (non-hydrogen) atoms. The highest BCUT2D eigenvalue weighted by molar-refractivity contribution is 7.80. The van der Waals surface area contributed by atoms with Gasteiger partial charge < -0.3 is 15.0 Å². The van der Waals surface area contributed by atoms with Gasteiger partial charge in [-0.05, 0) is 17.7 Å². The Morgan fingerprint density at radius 3 is 2.63 bits per heavy atom. The molecule has 0 aliphatic carbocycles. The molecule has 0 saturated carbocycles. The fourth-order valence-corrected chi connectivity index (χ4v) is 1.79. The van der Waals surface area contributed by atoms with Crippen LogP contribution in [-0.4, -0.2) is 9.56 Å². The SMILES string of the molecule is NC(=S)Cn1cccc(OCc2ccccc2)c1=O. The van der Waals surface area contributed by atoms with Crippen molar-refractivity contribution >= 4 is 17.2 Å². The summed E-state index contributed by atoms with van der Waals surface area (Å²) < 4.78 is 6.96. The molecule has 4 nitrogen and oxygen atoms in total. The Morgan fingerprint density at radius 2 is 1.95 bits per heavy atom. The van der Waals surface area contributed by atoms with Gasteiger partial charge >= 0.3 is 0 Å². The van der Waals surface area contributed by atoms with Crippen molar-refractivity contribution in [3.05, 3.63) is 64.6 Å². The van der Waals surface area contributed by atoms with Crippen molar-refractivity contribution in [2.24, 2.45) is 5.73 Å². The third kappa shape index (κ3) is 3.66. The molecule has 2 rings (SSSR count). The maximum atomic E-state index is 12.0. The molecule has 0 saturated heterocycles. The molecule has 0 aliphatic heterocycles. The summed E-state index contributed by atoms with van der Waals surface area (Å²) in [6, 6.07) is 13.0. The zero-order valence-electron chi connectivity index (χ0n) is 10.3. The minimum absolute atomic E-state index is 0.219. The van der Waals surface area contributed by atoms with Gasteiger partial charge in [0, 0.05) is 6.20 Å². The van der Waals surface area contributed by atoms with Crippen molar-refractivity contribution in [2.45, 2.75) is 13.2 Å². The van der Waals surface area contributed by atoms with Crippen molar-refractivity contribution in [3.8, 4) is 5.75 Å². The largest absolute Gasteiger partial charge is 0.483 e. The average Bonchev–Trinajstić information content (AvgIpc) is 2.40. The molecule has 1 aromatic carbocycles. The van der Waals surface area contributed by atoms with Crippen LogP contribution in [0, 0.1) is 0 Å². The Morgan fingerprint density at radius 1 is 1.21 bits per heavy atom. The number of nitrogens with two attached hydrogens (primary N) is 1. The highest BCUT2D eigenvalue weighted by Crippen LogP contribution is 2.06. The van der Waals surface area contributed by atoms with Gasteiger partial charge in [0.05, 0.1) is 11.5 Å². The highest BCUT2D eigenvalue weighted by Gasteiger charge is 2.05. The quantitative estimate of drug-likeness (QED) is 0.843. The lowest BCUT2D eigenvalue weighted by Crippen LogP contribution is -2.27. The predicted molar refractivity (Wildman–Crippen MR) is 78.3 cm³/mol. The van der Waals surface area contributed by atoms with E-state index in [0.29, 0.717) is 12.4 Å². The number of pyridine rings is 1. The van der Waals surface area contributed by atoms with Crippen LogP contribution in [0.15, 0.2) is 53.5 Å². The van der Waals surface area contributed by atoms with Crippen LogP contribution in [0.1, 0.15) is 5.56 Å². The first-order valence-electron chi connectivity index (χ1n) is 5.81. The van der Waals surface area contributed by atoms with Gasteiger partial charge in [0.15, 0.2) is 5.75 Å². The van der Waals surface area contributed by atoms with Gasteiger partial charge in [-0.15, -0.1) is 0 Å². The van der Waals surface area contributed by atoms with Crippen LogP contribution >= 0.6 is 12.2 Å². The summed E-state index contributed by atoms with van der Waals surface area (Å²) in [4.78, 5) is 12.3. The summed E-state index contributed by atoms with van der Waals surface area (Å²) in [6.45, 7) is 0.573. The van der Waals surface area contributed by atoms with Gasteiger partial charge in [0.1, 0.15) is 6.61 Å². The lowest BCUT2D eigenvalue weighted by Gasteiger charge is -2.08. The topological polar surface area (TPSA) is 57.2 Å². The molecule has 0 fully saturated rings. The predicted octanol–water partition coefficient (Wildman–Crippen LogP) is 1.71.